The molecule has 2 nitrogen and oxygen atoms in total. The molecule has 0 heterocycles. The van der Waals surface area contributed by atoms with Gasteiger partial charge in [-0.2, -0.15) is 6.92 Å². The number of hydrogen-bond donors (Lipinski definition) is 0. The Morgan fingerprint density at radius 2 is 1.67 bits per heavy atom. The molecule has 33 valence electrons. The molecule has 0 aromatic heterocycles. The van der Waals surface area contributed by atoms with Gasteiger partial charge in [-0.1, -0.05) is 0 Å². The summed E-state index contributed by atoms with van der Waals surface area (Å²) >= 11 is 0. The van der Waals surface area contributed by atoms with E-state index in [-0.39, 0.29) is 32.7 Å². The quantitative estimate of drug-likeness (QED) is 0.292. The van der Waals surface area contributed by atoms with E-state index < -0.39 is 0 Å². The Morgan fingerprint density at radius 3 is 1.67 bits per heavy atom. The molecule has 0 N–H and O–H groups in total. The molecule has 0 aromatic rings. The van der Waals surface area contributed by atoms with Crippen molar-refractivity contribution in [2.24, 2.45) is 0 Å². The van der Waals surface area contributed by atoms with E-state index in [2.05, 4.69) is 6.92 Å². The van der Waals surface area contributed by atoms with E-state index in [1.807, 2.05) is 0 Å². The molecule has 0 bridgehead atoms. The molecule has 0 spiro atoms. The van der Waals surface area contributed by atoms with Crippen LogP contribution in [-0.4, -0.2) is 6.08 Å². The van der Waals surface area contributed by atoms with Gasteiger partial charge in [0.15, 0.2) is 0 Å². The van der Waals surface area contributed by atoms with Gasteiger partial charge in [0.05, 0.1) is 0 Å². The zero-order chi connectivity index (χ0) is 4.71. The molecule has 0 aromatic carbocycles. The summed E-state index contributed by atoms with van der Waals surface area (Å²) in [6.45, 7) is 5.00. The molecule has 3 heteroatoms. The van der Waals surface area contributed by atoms with Crippen LogP contribution in [0.5, 0.6) is 0 Å². The second-order valence-corrected chi connectivity index (χ2v) is 0.0913. The van der Waals surface area contributed by atoms with E-state index in [4.69, 9.17) is 10.2 Å². The summed E-state index contributed by atoms with van der Waals surface area (Å²) in [6, 6.07) is 0. The zero-order valence-corrected chi connectivity index (χ0v) is 6.48. The van der Waals surface area contributed by atoms with Crippen LogP contribution in [0, 0.1) is 6.92 Å². The van der Waals surface area contributed by atoms with E-state index in [9.17, 15) is 0 Å². The maximum Gasteiger partial charge on any atom is 0 e. The predicted molar refractivity (Wildman–Crippen MR) is 20.1 cm³/mol. The van der Waals surface area contributed by atoms with Gasteiger partial charge in [0.25, 0.3) is 0 Å². The summed E-state index contributed by atoms with van der Waals surface area (Å²) in [7, 11) is 0. The topological polar surface area (TPSA) is 39.4 Å². The van der Waals surface area contributed by atoms with Gasteiger partial charge in [0.1, 0.15) is 0 Å². The number of hydrogen-bond acceptors (Lipinski definition) is 1. The SMILES string of the molecule is [CH2-]C.[N-]=C=O.[Y]. The molecule has 0 rings (SSSR count). The molecule has 0 unspecified atom stereocenters. The van der Waals surface area contributed by atoms with Gasteiger partial charge in [-0.15, -0.1) is 0 Å². The van der Waals surface area contributed by atoms with Crippen molar-refractivity contribution in [2.45, 2.75) is 6.92 Å². The first-order valence-corrected chi connectivity index (χ1v) is 1.13. The fourth-order valence-electron chi connectivity index (χ4n) is 0. The van der Waals surface area contributed by atoms with Crippen molar-refractivity contribution in [1.29, 1.82) is 0 Å². The summed E-state index contributed by atoms with van der Waals surface area (Å²) in [5.74, 6) is 0. The maximum atomic E-state index is 8.24. The average molecular weight is 160 g/mol. The van der Waals surface area contributed by atoms with E-state index in [1.54, 1.807) is 6.92 Å². The summed E-state index contributed by atoms with van der Waals surface area (Å²) in [6.07, 6.45) is 0.500. The fraction of sp³-hybridized carbons (Fsp3) is 0.333. The van der Waals surface area contributed by atoms with E-state index in [0.717, 1.165) is 0 Å². The Bertz CT molecular complexity index is 31.8. The van der Waals surface area contributed by atoms with Crippen molar-refractivity contribution in [3.63, 3.8) is 0 Å². The molecule has 0 aliphatic carbocycles. The molecule has 0 saturated carbocycles. The van der Waals surface area contributed by atoms with Crippen LogP contribution in [0.25, 0.3) is 5.41 Å². The number of nitrogens with zero attached hydrogens (tertiary/aromatic N) is 1. The van der Waals surface area contributed by atoms with E-state index in [0.29, 0.717) is 6.08 Å². The summed E-state index contributed by atoms with van der Waals surface area (Å²) in [5.41, 5.74) is 0. The smallest absolute Gasteiger partial charge is 0 e. The van der Waals surface area contributed by atoms with Crippen LogP contribution < -0.4 is 0 Å². The zero-order valence-electron chi connectivity index (χ0n) is 3.64. The normalized spacial score (nSPS) is 2.33. The second-order valence-electron chi connectivity index (χ2n) is 0.0913. The molecule has 0 atom stereocenters. The minimum absolute atomic E-state index is 0. The van der Waals surface area contributed by atoms with Gasteiger partial charge in [-0.05, 0) is 6.08 Å². The van der Waals surface area contributed by atoms with Crippen molar-refractivity contribution < 1.29 is 37.5 Å². The Hall–Kier alpha value is 0.484. The maximum absolute atomic E-state index is 8.24. The molecule has 0 amide bonds. The largest absolute Gasteiger partial charge is 0.724 e. The third-order valence-corrected chi connectivity index (χ3v) is 0. The van der Waals surface area contributed by atoms with Crippen LogP contribution in [0.15, 0.2) is 0 Å². The van der Waals surface area contributed by atoms with Crippen LogP contribution >= 0.6 is 0 Å². The second kappa shape index (κ2) is 50.1. The van der Waals surface area contributed by atoms with Gasteiger partial charge in [0.2, 0.25) is 0 Å². The molecule has 0 aliphatic heterocycles. The third-order valence-electron chi connectivity index (χ3n) is 0. The molecule has 1 radical (unpaired) electrons. The Labute approximate surface area is 62.7 Å². The van der Waals surface area contributed by atoms with Crippen LogP contribution in [0.2, 0.25) is 0 Å². The standard InChI is InChI=1S/C2H5.CNO.Y/c1-2;2-1-3;/h1H2,2H3;;/q2*-1;. The number of isocyanates is 1. The molecular formula is C3H5NOY-2. The summed E-state index contributed by atoms with van der Waals surface area (Å²) in [5, 5.41) is 6.76. The fourth-order valence-corrected chi connectivity index (χ4v) is 0. The molecule has 6 heavy (non-hydrogen) atoms. The van der Waals surface area contributed by atoms with Gasteiger partial charge in [-0.25, -0.2) is 0 Å². The van der Waals surface area contributed by atoms with E-state index in [1.165, 1.54) is 0 Å². The number of carbonyl (C=O) groups excluding carboxylic acids is 1. The molecular weight excluding hydrogens is 155 g/mol. The van der Waals surface area contributed by atoms with E-state index >= 15 is 0 Å². The van der Waals surface area contributed by atoms with Gasteiger partial charge >= 0.3 is 0 Å². The van der Waals surface area contributed by atoms with Gasteiger partial charge in [-0.3, -0.25) is 4.79 Å². The third kappa shape index (κ3) is 232. The van der Waals surface area contributed by atoms with Gasteiger partial charge < -0.3 is 12.3 Å². The Balaban J connectivity index is -0.0000000275. The first-order valence-electron chi connectivity index (χ1n) is 1.13. The summed E-state index contributed by atoms with van der Waals surface area (Å²) < 4.78 is 0. The molecule has 0 fully saturated rings. The van der Waals surface area contributed by atoms with Gasteiger partial charge in [0, 0.05) is 32.7 Å². The first-order chi connectivity index (χ1) is 2.41. The molecule has 0 saturated heterocycles. The summed E-state index contributed by atoms with van der Waals surface area (Å²) in [4.78, 5) is 8.24. The van der Waals surface area contributed by atoms with Crippen molar-refractivity contribution in [2.75, 3.05) is 0 Å². The minimum Gasteiger partial charge on any atom is -0.724 e. The van der Waals surface area contributed by atoms with Crippen LogP contribution in [-0.2, 0) is 37.5 Å². The monoisotopic (exact) mass is 160 g/mol. The predicted octanol–water partition coefficient (Wildman–Crippen LogP) is 0.729. The van der Waals surface area contributed by atoms with Crippen molar-refractivity contribution >= 4 is 6.08 Å². The average Bonchev–Trinajstić information content (AvgIpc) is 1.46. The van der Waals surface area contributed by atoms with Crippen LogP contribution in [0.3, 0.4) is 0 Å². The first kappa shape index (κ1) is 16.1. The minimum atomic E-state index is 0. The van der Waals surface area contributed by atoms with Crippen LogP contribution in [0.4, 0.5) is 0 Å². The Kier molecular flexibility index (Phi) is 134. The van der Waals surface area contributed by atoms with Crippen LogP contribution in [0.1, 0.15) is 6.92 Å². The Morgan fingerprint density at radius 1 is 1.67 bits per heavy atom. The van der Waals surface area contributed by atoms with Crippen molar-refractivity contribution in [3.8, 4) is 0 Å². The molecule has 0 aliphatic rings. The number of rotatable bonds is 0. The van der Waals surface area contributed by atoms with Crippen molar-refractivity contribution in [3.05, 3.63) is 12.3 Å². The van der Waals surface area contributed by atoms with Crippen molar-refractivity contribution in [1.82, 2.24) is 0 Å².